The Morgan fingerprint density at radius 1 is 1.27 bits per heavy atom. The summed E-state index contributed by atoms with van der Waals surface area (Å²) in [6, 6.07) is 6.55. The summed E-state index contributed by atoms with van der Waals surface area (Å²) in [5.41, 5.74) is 3.99. The first-order chi connectivity index (χ1) is 7.15. The lowest BCUT2D eigenvalue weighted by atomic mass is 10.0. The number of rotatable bonds is 2. The van der Waals surface area contributed by atoms with Crippen molar-refractivity contribution in [1.82, 2.24) is 9.36 Å². The highest BCUT2D eigenvalue weighted by Gasteiger charge is 2.03. The molecule has 0 bridgehead atoms. The first kappa shape index (κ1) is 11.0. The Balaban J connectivity index is 2.21. The highest BCUT2D eigenvalue weighted by atomic mass is 127. The molecule has 1 heterocycles. The summed E-state index contributed by atoms with van der Waals surface area (Å²) >= 11 is 3.63. The van der Waals surface area contributed by atoms with Crippen LogP contribution >= 0.6 is 34.1 Å². The fourth-order valence-electron chi connectivity index (χ4n) is 1.39. The molecular formula is C11H11IN2S. The number of benzene rings is 1. The van der Waals surface area contributed by atoms with Crippen molar-refractivity contribution in [1.29, 1.82) is 0 Å². The molecule has 1 aromatic heterocycles. The van der Waals surface area contributed by atoms with E-state index < -0.39 is 0 Å². The fraction of sp³-hybridized carbons (Fsp3) is 0.273. The van der Waals surface area contributed by atoms with Crippen LogP contribution in [0.2, 0.25) is 0 Å². The lowest BCUT2D eigenvalue weighted by Crippen LogP contribution is -1.90. The van der Waals surface area contributed by atoms with Crippen LogP contribution in [-0.4, -0.2) is 9.36 Å². The van der Waals surface area contributed by atoms with E-state index in [1.54, 1.807) is 0 Å². The number of aromatic nitrogens is 2. The molecule has 0 radical (unpaired) electrons. The molecule has 78 valence electrons. The molecule has 0 aliphatic rings. The number of hydrogen-bond acceptors (Lipinski definition) is 3. The Morgan fingerprint density at radius 3 is 2.67 bits per heavy atom. The Labute approximate surface area is 107 Å². The highest BCUT2D eigenvalue weighted by molar-refractivity contribution is 14.1. The van der Waals surface area contributed by atoms with E-state index in [1.807, 2.05) is 0 Å². The largest absolute Gasteiger partial charge is 0.214 e. The zero-order valence-electron chi connectivity index (χ0n) is 8.62. The molecule has 0 atom stereocenters. The summed E-state index contributed by atoms with van der Waals surface area (Å²) in [4.78, 5) is 4.35. The van der Waals surface area contributed by atoms with Gasteiger partial charge in [-0.15, -0.1) is 0 Å². The summed E-state index contributed by atoms with van der Waals surface area (Å²) in [5, 5.41) is 1.09. The van der Waals surface area contributed by atoms with Crippen LogP contribution in [0, 0.1) is 17.7 Å². The van der Waals surface area contributed by atoms with Crippen LogP contribution in [0.3, 0.4) is 0 Å². The van der Waals surface area contributed by atoms with Crippen LogP contribution in [0.1, 0.15) is 21.7 Å². The normalized spacial score (nSPS) is 10.6. The quantitative estimate of drug-likeness (QED) is 0.789. The van der Waals surface area contributed by atoms with Crippen LogP contribution in [-0.2, 0) is 6.42 Å². The van der Waals surface area contributed by atoms with Gasteiger partial charge in [-0.2, -0.15) is 4.37 Å². The monoisotopic (exact) mass is 330 g/mol. The first-order valence-corrected chi connectivity index (χ1v) is 6.54. The molecule has 0 amide bonds. The Kier molecular flexibility index (Phi) is 3.35. The average Bonchev–Trinajstić information content (AvgIpc) is 2.58. The zero-order valence-corrected chi connectivity index (χ0v) is 11.6. The fourth-order valence-corrected chi connectivity index (χ4v) is 2.72. The van der Waals surface area contributed by atoms with Crippen molar-refractivity contribution < 1.29 is 0 Å². The van der Waals surface area contributed by atoms with E-state index in [-0.39, 0.29) is 0 Å². The van der Waals surface area contributed by atoms with Crippen LogP contribution in [0.15, 0.2) is 18.2 Å². The summed E-state index contributed by atoms with van der Waals surface area (Å²) in [6.45, 7) is 4.27. The highest BCUT2D eigenvalue weighted by Crippen LogP contribution is 2.15. The van der Waals surface area contributed by atoms with E-state index in [2.05, 4.69) is 64.0 Å². The molecule has 2 aromatic rings. The molecule has 0 unspecified atom stereocenters. The van der Waals surface area contributed by atoms with Gasteiger partial charge in [0, 0.05) is 29.0 Å². The summed E-state index contributed by atoms with van der Waals surface area (Å²) in [5.74, 6) is 0. The first-order valence-electron chi connectivity index (χ1n) is 4.69. The van der Waals surface area contributed by atoms with Crippen molar-refractivity contribution in [3.05, 3.63) is 43.7 Å². The molecule has 0 aliphatic carbocycles. The van der Waals surface area contributed by atoms with Crippen LogP contribution in [0.25, 0.3) is 0 Å². The molecule has 0 saturated heterocycles. The van der Waals surface area contributed by atoms with Gasteiger partial charge in [0.25, 0.3) is 0 Å². The van der Waals surface area contributed by atoms with Gasteiger partial charge in [0.2, 0.25) is 3.83 Å². The second-order valence-corrected chi connectivity index (χ2v) is 5.35. The van der Waals surface area contributed by atoms with Crippen molar-refractivity contribution in [3.63, 3.8) is 0 Å². The molecule has 0 aliphatic heterocycles. The van der Waals surface area contributed by atoms with E-state index in [9.17, 15) is 0 Å². The molecule has 4 heteroatoms. The minimum atomic E-state index is 0.844. The molecule has 1 aromatic carbocycles. The van der Waals surface area contributed by atoms with Gasteiger partial charge < -0.3 is 0 Å². The van der Waals surface area contributed by atoms with E-state index in [0.717, 1.165) is 15.3 Å². The van der Waals surface area contributed by atoms with E-state index in [0.29, 0.717) is 0 Å². The Hall–Kier alpha value is -0.490. The van der Waals surface area contributed by atoms with Crippen molar-refractivity contribution >= 4 is 34.1 Å². The third-order valence-corrected chi connectivity index (χ3v) is 3.89. The molecule has 2 rings (SSSR count). The van der Waals surface area contributed by atoms with Crippen molar-refractivity contribution in [2.75, 3.05) is 0 Å². The minimum absolute atomic E-state index is 0.844. The Bertz CT molecular complexity index is 479. The molecule has 15 heavy (non-hydrogen) atoms. The van der Waals surface area contributed by atoms with Gasteiger partial charge in [0.15, 0.2) is 0 Å². The van der Waals surface area contributed by atoms with Crippen LogP contribution < -0.4 is 0 Å². The second-order valence-electron chi connectivity index (χ2n) is 3.55. The third kappa shape index (κ3) is 2.75. The van der Waals surface area contributed by atoms with Crippen molar-refractivity contribution in [3.8, 4) is 0 Å². The maximum absolute atomic E-state index is 4.35. The van der Waals surface area contributed by atoms with Gasteiger partial charge >= 0.3 is 0 Å². The third-order valence-electron chi connectivity index (χ3n) is 2.37. The molecule has 2 nitrogen and oxygen atoms in total. The summed E-state index contributed by atoms with van der Waals surface area (Å²) in [6.07, 6.45) is 0.891. The van der Waals surface area contributed by atoms with E-state index in [1.165, 1.54) is 28.2 Å². The maximum Gasteiger partial charge on any atom is 0.203 e. The van der Waals surface area contributed by atoms with Crippen LogP contribution in [0.4, 0.5) is 0 Å². The SMILES string of the molecule is Cc1ccc(Cc2nc(I)ns2)cc1C. The number of aryl methyl sites for hydroxylation is 2. The van der Waals surface area contributed by atoms with Crippen molar-refractivity contribution in [2.45, 2.75) is 20.3 Å². The van der Waals surface area contributed by atoms with Gasteiger partial charge in [-0.3, -0.25) is 0 Å². The number of halogens is 1. The smallest absolute Gasteiger partial charge is 0.203 e. The number of hydrogen-bond donors (Lipinski definition) is 0. The van der Waals surface area contributed by atoms with E-state index in [4.69, 9.17) is 0 Å². The van der Waals surface area contributed by atoms with Gasteiger partial charge in [-0.05, 0) is 42.1 Å². The maximum atomic E-state index is 4.35. The van der Waals surface area contributed by atoms with Gasteiger partial charge in [0.05, 0.1) is 0 Å². The standard InChI is InChI=1S/C11H11IN2S/c1-7-3-4-9(5-8(7)2)6-10-13-11(12)14-15-10/h3-5H,6H2,1-2H3. The molecule has 0 N–H and O–H groups in total. The predicted octanol–water partition coefficient (Wildman–Crippen LogP) is 3.35. The molecule has 0 saturated carbocycles. The summed E-state index contributed by atoms with van der Waals surface area (Å²) in [7, 11) is 0. The lowest BCUT2D eigenvalue weighted by Gasteiger charge is -2.02. The Morgan fingerprint density at radius 2 is 2.07 bits per heavy atom. The van der Waals surface area contributed by atoms with Gasteiger partial charge in [0.1, 0.15) is 5.01 Å². The lowest BCUT2D eigenvalue weighted by molar-refractivity contribution is 1.10. The molecule has 0 spiro atoms. The number of nitrogens with zero attached hydrogens (tertiary/aromatic N) is 2. The summed E-state index contributed by atoms with van der Waals surface area (Å²) < 4.78 is 5.01. The predicted molar refractivity (Wildman–Crippen MR) is 71.3 cm³/mol. The topological polar surface area (TPSA) is 25.8 Å². The molecular weight excluding hydrogens is 319 g/mol. The molecule has 0 fully saturated rings. The average molecular weight is 330 g/mol. The van der Waals surface area contributed by atoms with Gasteiger partial charge in [-0.25, -0.2) is 4.98 Å². The minimum Gasteiger partial charge on any atom is -0.214 e. The van der Waals surface area contributed by atoms with Crippen molar-refractivity contribution in [2.24, 2.45) is 0 Å². The zero-order chi connectivity index (χ0) is 10.8. The van der Waals surface area contributed by atoms with E-state index >= 15 is 0 Å². The second kappa shape index (κ2) is 4.57. The van der Waals surface area contributed by atoms with Gasteiger partial charge in [-0.1, -0.05) is 18.2 Å². The van der Waals surface area contributed by atoms with Crippen LogP contribution in [0.5, 0.6) is 0 Å².